The standard InChI is InChI=1S/C10H20N2O/c1-2-10(13)12-7-8-5-3-4-6-9(8)11/h8-9H,2-7,11H2,1H3,(H,12,13). The molecule has 0 aromatic rings. The lowest BCUT2D eigenvalue weighted by Crippen LogP contribution is -2.40. The number of nitrogens with two attached hydrogens (primary N) is 1. The van der Waals surface area contributed by atoms with Crippen LogP contribution in [0.3, 0.4) is 0 Å². The van der Waals surface area contributed by atoms with E-state index in [-0.39, 0.29) is 5.91 Å². The van der Waals surface area contributed by atoms with Crippen molar-refractivity contribution in [1.82, 2.24) is 5.32 Å². The summed E-state index contributed by atoms with van der Waals surface area (Å²) in [5.74, 6) is 0.641. The van der Waals surface area contributed by atoms with Gasteiger partial charge >= 0.3 is 0 Å². The van der Waals surface area contributed by atoms with Gasteiger partial charge in [0, 0.05) is 19.0 Å². The molecule has 76 valence electrons. The first kappa shape index (κ1) is 10.5. The van der Waals surface area contributed by atoms with E-state index in [0.29, 0.717) is 18.4 Å². The van der Waals surface area contributed by atoms with Crippen molar-refractivity contribution < 1.29 is 4.79 Å². The summed E-state index contributed by atoms with van der Waals surface area (Å²) in [6.45, 7) is 2.64. The normalized spacial score (nSPS) is 28.5. The molecular weight excluding hydrogens is 164 g/mol. The molecule has 0 bridgehead atoms. The maximum atomic E-state index is 11.0. The molecule has 3 heteroatoms. The maximum Gasteiger partial charge on any atom is 0.219 e. The summed E-state index contributed by atoms with van der Waals surface area (Å²) >= 11 is 0. The second-order valence-corrected chi connectivity index (χ2v) is 3.87. The van der Waals surface area contributed by atoms with Gasteiger partial charge in [0.05, 0.1) is 0 Å². The molecular formula is C10H20N2O. The van der Waals surface area contributed by atoms with Gasteiger partial charge in [-0.05, 0) is 18.8 Å². The first-order chi connectivity index (χ1) is 6.24. The molecule has 3 nitrogen and oxygen atoms in total. The van der Waals surface area contributed by atoms with E-state index in [1.165, 1.54) is 19.3 Å². The van der Waals surface area contributed by atoms with Crippen molar-refractivity contribution in [3.05, 3.63) is 0 Å². The number of nitrogens with one attached hydrogen (secondary N) is 1. The smallest absolute Gasteiger partial charge is 0.219 e. The van der Waals surface area contributed by atoms with E-state index in [1.54, 1.807) is 0 Å². The minimum atomic E-state index is 0.137. The molecule has 1 amide bonds. The van der Waals surface area contributed by atoms with Crippen LogP contribution in [0, 0.1) is 5.92 Å². The number of amides is 1. The number of rotatable bonds is 3. The van der Waals surface area contributed by atoms with Crippen LogP contribution in [0.15, 0.2) is 0 Å². The number of carbonyl (C=O) groups excluding carboxylic acids is 1. The van der Waals surface area contributed by atoms with Crippen LogP contribution in [0.5, 0.6) is 0 Å². The van der Waals surface area contributed by atoms with Gasteiger partial charge in [-0.2, -0.15) is 0 Å². The summed E-state index contributed by atoms with van der Waals surface area (Å²) < 4.78 is 0. The molecule has 0 spiro atoms. The van der Waals surface area contributed by atoms with Crippen molar-refractivity contribution in [1.29, 1.82) is 0 Å². The lowest BCUT2D eigenvalue weighted by atomic mass is 9.85. The molecule has 3 N–H and O–H groups in total. The molecule has 2 unspecified atom stereocenters. The summed E-state index contributed by atoms with van der Waals surface area (Å²) in [5.41, 5.74) is 5.96. The van der Waals surface area contributed by atoms with Gasteiger partial charge in [-0.15, -0.1) is 0 Å². The van der Waals surface area contributed by atoms with Crippen LogP contribution in [-0.4, -0.2) is 18.5 Å². The Bertz CT molecular complexity index is 170. The van der Waals surface area contributed by atoms with E-state index < -0.39 is 0 Å². The molecule has 13 heavy (non-hydrogen) atoms. The van der Waals surface area contributed by atoms with Gasteiger partial charge in [0.1, 0.15) is 0 Å². The fourth-order valence-electron chi connectivity index (χ4n) is 1.86. The van der Waals surface area contributed by atoms with Crippen LogP contribution >= 0.6 is 0 Å². The van der Waals surface area contributed by atoms with Crippen molar-refractivity contribution in [2.45, 2.75) is 45.1 Å². The van der Waals surface area contributed by atoms with Gasteiger partial charge in [-0.3, -0.25) is 4.79 Å². The predicted octanol–water partition coefficient (Wildman–Crippen LogP) is 1.03. The van der Waals surface area contributed by atoms with Gasteiger partial charge in [0.15, 0.2) is 0 Å². The largest absolute Gasteiger partial charge is 0.356 e. The molecule has 2 atom stereocenters. The number of hydrogen-bond donors (Lipinski definition) is 2. The van der Waals surface area contributed by atoms with Crippen LogP contribution in [0.1, 0.15) is 39.0 Å². The summed E-state index contributed by atoms with van der Waals surface area (Å²) in [7, 11) is 0. The molecule has 1 saturated carbocycles. The Morgan fingerprint density at radius 1 is 1.46 bits per heavy atom. The third kappa shape index (κ3) is 3.35. The van der Waals surface area contributed by atoms with Crippen LogP contribution in [0.25, 0.3) is 0 Å². The molecule has 1 aliphatic carbocycles. The zero-order valence-electron chi connectivity index (χ0n) is 8.38. The molecule has 0 aliphatic heterocycles. The Kier molecular flexibility index (Phi) is 4.22. The van der Waals surface area contributed by atoms with E-state index >= 15 is 0 Å². The van der Waals surface area contributed by atoms with E-state index in [0.717, 1.165) is 13.0 Å². The Labute approximate surface area is 80.1 Å². The summed E-state index contributed by atoms with van der Waals surface area (Å²) in [5, 5.41) is 2.91. The minimum absolute atomic E-state index is 0.137. The van der Waals surface area contributed by atoms with Gasteiger partial charge in [-0.25, -0.2) is 0 Å². The Morgan fingerprint density at radius 3 is 2.77 bits per heavy atom. The topological polar surface area (TPSA) is 55.1 Å². The van der Waals surface area contributed by atoms with Gasteiger partial charge in [0.25, 0.3) is 0 Å². The second kappa shape index (κ2) is 5.22. The first-order valence-corrected chi connectivity index (χ1v) is 5.26. The van der Waals surface area contributed by atoms with Crippen molar-refractivity contribution in [2.75, 3.05) is 6.54 Å². The van der Waals surface area contributed by atoms with Gasteiger partial charge < -0.3 is 11.1 Å². The highest BCUT2D eigenvalue weighted by Crippen LogP contribution is 2.21. The highest BCUT2D eigenvalue weighted by molar-refractivity contribution is 5.75. The van der Waals surface area contributed by atoms with Crippen LogP contribution in [-0.2, 0) is 4.79 Å². The Balaban J connectivity index is 2.22. The predicted molar refractivity (Wildman–Crippen MR) is 53.2 cm³/mol. The lowest BCUT2D eigenvalue weighted by Gasteiger charge is -2.28. The molecule has 0 radical (unpaired) electrons. The highest BCUT2D eigenvalue weighted by atomic mass is 16.1. The fourth-order valence-corrected chi connectivity index (χ4v) is 1.86. The highest BCUT2D eigenvalue weighted by Gasteiger charge is 2.21. The first-order valence-electron chi connectivity index (χ1n) is 5.26. The van der Waals surface area contributed by atoms with Crippen LogP contribution < -0.4 is 11.1 Å². The monoisotopic (exact) mass is 184 g/mol. The van der Waals surface area contributed by atoms with Crippen molar-refractivity contribution in [3.8, 4) is 0 Å². The molecule has 1 fully saturated rings. The van der Waals surface area contributed by atoms with Crippen LogP contribution in [0.4, 0.5) is 0 Å². The van der Waals surface area contributed by atoms with Crippen LogP contribution in [0.2, 0.25) is 0 Å². The number of hydrogen-bond acceptors (Lipinski definition) is 2. The quantitative estimate of drug-likeness (QED) is 0.688. The summed E-state index contributed by atoms with van der Waals surface area (Å²) in [4.78, 5) is 11.0. The minimum Gasteiger partial charge on any atom is -0.356 e. The fraction of sp³-hybridized carbons (Fsp3) is 0.900. The Hall–Kier alpha value is -0.570. The molecule has 1 aliphatic rings. The SMILES string of the molecule is CCC(=O)NCC1CCCCC1N. The average Bonchev–Trinajstić information content (AvgIpc) is 2.16. The second-order valence-electron chi connectivity index (χ2n) is 3.87. The van der Waals surface area contributed by atoms with E-state index in [1.807, 2.05) is 6.92 Å². The number of carbonyl (C=O) groups is 1. The van der Waals surface area contributed by atoms with Crippen molar-refractivity contribution in [2.24, 2.45) is 11.7 Å². The van der Waals surface area contributed by atoms with E-state index in [4.69, 9.17) is 5.73 Å². The third-order valence-corrected chi connectivity index (χ3v) is 2.85. The van der Waals surface area contributed by atoms with Crippen molar-refractivity contribution >= 4 is 5.91 Å². The molecule has 0 saturated heterocycles. The molecule has 0 aromatic carbocycles. The molecule has 1 rings (SSSR count). The zero-order chi connectivity index (χ0) is 9.68. The van der Waals surface area contributed by atoms with Crippen molar-refractivity contribution in [3.63, 3.8) is 0 Å². The Morgan fingerprint density at radius 2 is 2.15 bits per heavy atom. The maximum absolute atomic E-state index is 11.0. The summed E-state index contributed by atoms with van der Waals surface area (Å²) in [6, 6.07) is 0.297. The summed E-state index contributed by atoms with van der Waals surface area (Å²) in [6.07, 6.45) is 5.37. The van der Waals surface area contributed by atoms with Gasteiger partial charge in [0.2, 0.25) is 5.91 Å². The zero-order valence-corrected chi connectivity index (χ0v) is 8.38. The third-order valence-electron chi connectivity index (χ3n) is 2.85. The molecule has 0 aromatic heterocycles. The van der Waals surface area contributed by atoms with E-state index in [9.17, 15) is 4.79 Å². The van der Waals surface area contributed by atoms with E-state index in [2.05, 4.69) is 5.32 Å². The van der Waals surface area contributed by atoms with Gasteiger partial charge in [-0.1, -0.05) is 19.8 Å². The molecule has 0 heterocycles. The lowest BCUT2D eigenvalue weighted by molar-refractivity contribution is -0.121. The average molecular weight is 184 g/mol.